The summed E-state index contributed by atoms with van der Waals surface area (Å²) in [6.07, 6.45) is 0.573. The van der Waals surface area contributed by atoms with Gasteiger partial charge in [-0.2, -0.15) is 5.10 Å². The second kappa shape index (κ2) is 8.57. The van der Waals surface area contributed by atoms with Crippen molar-refractivity contribution >= 4 is 46.1 Å². The molecule has 160 valence electrons. The maximum atomic E-state index is 12.5. The Morgan fingerprint density at radius 2 is 1.78 bits per heavy atom. The van der Waals surface area contributed by atoms with Crippen LogP contribution in [0.5, 0.6) is 11.5 Å². The highest BCUT2D eigenvalue weighted by Gasteiger charge is 2.27. The lowest BCUT2D eigenvalue weighted by Gasteiger charge is -2.25. The van der Waals surface area contributed by atoms with Crippen molar-refractivity contribution in [1.29, 1.82) is 0 Å². The molecule has 0 aliphatic carbocycles. The Kier molecular flexibility index (Phi) is 5.47. The molecule has 0 radical (unpaired) electrons. The fourth-order valence-electron chi connectivity index (χ4n) is 3.38. The Balaban J connectivity index is 1.24. The molecule has 1 N–H and O–H groups in total. The summed E-state index contributed by atoms with van der Waals surface area (Å²) in [5.41, 5.74) is 3.13. The fraction of sp³-hybridized carbons (Fsp3) is 0.0833. The van der Waals surface area contributed by atoms with Crippen molar-refractivity contribution in [3.8, 4) is 22.8 Å². The molecule has 5 rings (SSSR count). The fourth-order valence-corrected chi connectivity index (χ4v) is 3.77. The van der Waals surface area contributed by atoms with Crippen LogP contribution in [0.4, 0.5) is 0 Å². The first kappa shape index (κ1) is 20.4. The molecule has 1 aliphatic heterocycles. The van der Waals surface area contributed by atoms with Gasteiger partial charge in [0, 0.05) is 5.56 Å². The van der Waals surface area contributed by atoms with E-state index in [9.17, 15) is 4.79 Å². The summed E-state index contributed by atoms with van der Waals surface area (Å²) in [6.45, 7) is 0.0882. The largest absolute Gasteiger partial charge is 0.485 e. The first-order valence-electron chi connectivity index (χ1n) is 9.78. The van der Waals surface area contributed by atoms with Gasteiger partial charge in [-0.15, -0.1) is 0 Å². The van der Waals surface area contributed by atoms with Crippen LogP contribution in [-0.2, 0) is 4.79 Å². The third-order valence-electron chi connectivity index (χ3n) is 4.97. The highest BCUT2D eigenvalue weighted by Crippen LogP contribution is 2.36. The van der Waals surface area contributed by atoms with Crippen LogP contribution in [0.15, 0.2) is 76.2 Å². The minimum absolute atomic E-state index is 0.0882. The van der Waals surface area contributed by atoms with Crippen molar-refractivity contribution in [2.75, 3.05) is 6.61 Å². The number of fused-ring (bicyclic) bond motifs is 2. The van der Waals surface area contributed by atoms with Crippen molar-refractivity contribution < 1.29 is 18.7 Å². The molecule has 4 aromatic rings. The molecule has 1 atom stereocenters. The van der Waals surface area contributed by atoms with Gasteiger partial charge in [-0.25, -0.2) is 5.43 Å². The molecule has 6 nitrogen and oxygen atoms in total. The van der Waals surface area contributed by atoms with E-state index in [1.807, 2.05) is 36.4 Å². The molecule has 1 aliphatic rings. The van der Waals surface area contributed by atoms with Crippen LogP contribution in [0.2, 0.25) is 10.0 Å². The van der Waals surface area contributed by atoms with E-state index in [0.717, 1.165) is 10.8 Å². The van der Waals surface area contributed by atoms with Crippen LogP contribution >= 0.6 is 23.2 Å². The first-order chi connectivity index (χ1) is 15.6. The Morgan fingerprint density at radius 3 is 2.59 bits per heavy atom. The molecular weight excluding hydrogens is 451 g/mol. The van der Waals surface area contributed by atoms with Crippen LogP contribution in [0.1, 0.15) is 5.76 Å². The topological polar surface area (TPSA) is 73.1 Å². The number of nitrogens with one attached hydrogen (secondary N) is 1. The van der Waals surface area contributed by atoms with Gasteiger partial charge in [-0.3, -0.25) is 4.79 Å². The summed E-state index contributed by atoms with van der Waals surface area (Å²) in [7, 11) is 0. The van der Waals surface area contributed by atoms with Crippen LogP contribution in [0, 0.1) is 0 Å². The molecule has 8 heteroatoms. The van der Waals surface area contributed by atoms with E-state index in [0.29, 0.717) is 38.6 Å². The molecule has 1 aromatic heterocycles. The smallest absolute Gasteiger partial charge is 0.284 e. The van der Waals surface area contributed by atoms with Crippen molar-refractivity contribution in [3.63, 3.8) is 0 Å². The first-order valence-corrected chi connectivity index (χ1v) is 10.5. The Morgan fingerprint density at radius 1 is 1.00 bits per heavy atom. The summed E-state index contributed by atoms with van der Waals surface area (Å²) < 4.78 is 17.3. The maximum Gasteiger partial charge on any atom is 0.284 e. The lowest BCUT2D eigenvalue weighted by atomic mass is 10.1. The lowest BCUT2D eigenvalue weighted by molar-refractivity contribution is -0.130. The average Bonchev–Trinajstić information content (AvgIpc) is 3.27. The number of hydrogen-bond donors (Lipinski definition) is 1. The van der Waals surface area contributed by atoms with Gasteiger partial charge in [0.1, 0.15) is 18.1 Å². The average molecular weight is 467 g/mol. The highest BCUT2D eigenvalue weighted by atomic mass is 35.5. The summed E-state index contributed by atoms with van der Waals surface area (Å²) in [5.74, 6) is 1.68. The SMILES string of the molecule is O=C(NN=Cc1ccc(-c2cccc(Cl)c2Cl)o1)C1COc2cc3ccccc3cc2O1. The molecular formula is C24H16Cl2N2O4. The second-order valence-electron chi connectivity index (χ2n) is 7.10. The Hall–Kier alpha value is -3.48. The van der Waals surface area contributed by atoms with E-state index >= 15 is 0 Å². The Labute approximate surface area is 193 Å². The molecule has 0 bridgehead atoms. The van der Waals surface area contributed by atoms with Crippen LogP contribution in [0.3, 0.4) is 0 Å². The maximum absolute atomic E-state index is 12.5. The molecule has 1 amide bonds. The third kappa shape index (κ3) is 4.02. The number of carbonyl (C=O) groups excluding carboxylic acids is 1. The third-order valence-corrected chi connectivity index (χ3v) is 5.79. The summed E-state index contributed by atoms with van der Waals surface area (Å²) in [5, 5.41) is 6.84. The van der Waals surface area contributed by atoms with Crippen molar-refractivity contribution in [2.24, 2.45) is 5.10 Å². The summed E-state index contributed by atoms with van der Waals surface area (Å²) >= 11 is 12.3. The van der Waals surface area contributed by atoms with Gasteiger partial charge in [0.25, 0.3) is 5.91 Å². The van der Waals surface area contributed by atoms with Gasteiger partial charge in [-0.1, -0.05) is 53.5 Å². The highest BCUT2D eigenvalue weighted by molar-refractivity contribution is 6.43. The zero-order valence-electron chi connectivity index (χ0n) is 16.5. The standard InChI is InChI=1S/C24H16Cl2N2O4/c25-18-7-3-6-17(23(18)26)19-9-8-16(31-19)12-27-28-24(29)22-13-30-20-10-14-4-1-2-5-15(14)11-21(20)32-22/h1-12,22H,13H2,(H,28,29). The molecule has 0 saturated carbocycles. The van der Waals surface area contributed by atoms with Gasteiger partial charge >= 0.3 is 0 Å². The van der Waals surface area contributed by atoms with E-state index in [-0.39, 0.29) is 6.61 Å². The van der Waals surface area contributed by atoms with Crippen LogP contribution in [-0.4, -0.2) is 24.8 Å². The minimum Gasteiger partial charge on any atom is -0.485 e. The number of carbonyl (C=O) groups is 1. The van der Waals surface area contributed by atoms with Gasteiger partial charge in [0.05, 0.1) is 16.3 Å². The predicted molar refractivity (Wildman–Crippen MR) is 124 cm³/mol. The predicted octanol–water partition coefficient (Wildman–Crippen LogP) is 5.70. The van der Waals surface area contributed by atoms with E-state index in [1.54, 1.807) is 30.3 Å². The number of hydrazone groups is 1. The number of hydrogen-bond acceptors (Lipinski definition) is 5. The zero-order valence-corrected chi connectivity index (χ0v) is 18.1. The summed E-state index contributed by atoms with van der Waals surface area (Å²) in [4.78, 5) is 12.5. The number of benzene rings is 3. The van der Waals surface area contributed by atoms with Crippen molar-refractivity contribution in [2.45, 2.75) is 6.10 Å². The lowest BCUT2D eigenvalue weighted by Crippen LogP contribution is -2.42. The molecule has 32 heavy (non-hydrogen) atoms. The van der Waals surface area contributed by atoms with Crippen LogP contribution in [0.25, 0.3) is 22.1 Å². The van der Waals surface area contributed by atoms with E-state index < -0.39 is 12.0 Å². The summed E-state index contributed by atoms with van der Waals surface area (Å²) in [6, 6.07) is 20.4. The van der Waals surface area contributed by atoms with Crippen molar-refractivity contribution in [3.05, 3.63) is 82.5 Å². The number of rotatable bonds is 4. The number of nitrogens with zero attached hydrogens (tertiary/aromatic N) is 1. The molecule has 2 heterocycles. The van der Waals surface area contributed by atoms with Gasteiger partial charge in [-0.05, 0) is 47.2 Å². The number of furan rings is 1. The molecule has 1 unspecified atom stereocenters. The van der Waals surface area contributed by atoms with Crippen LogP contribution < -0.4 is 14.9 Å². The van der Waals surface area contributed by atoms with E-state index in [1.165, 1.54) is 6.21 Å². The quantitative estimate of drug-likeness (QED) is 0.309. The zero-order chi connectivity index (χ0) is 22.1. The molecule has 0 spiro atoms. The Bertz CT molecular complexity index is 1350. The van der Waals surface area contributed by atoms with E-state index in [4.69, 9.17) is 37.1 Å². The van der Waals surface area contributed by atoms with Gasteiger partial charge in [0.15, 0.2) is 11.5 Å². The molecule has 0 fully saturated rings. The normalized spacial score (nSPS) is 15.2. The molecule has 3 aromatic carbocycles. The van der Waals surface area contributed by atoms with Gasteiger partial charge in [0.2, 0.25) is 6.10 Å². The molecule has 0 saturated heterocycles. The second-order valence-corrected chi connectivity index (χ2v) is 7.89. The van der Waals surface area contributed by atoms with E-state index in [2.05, 4.69) is 10.5 Å². The monoisotopic (exact) mass is 466 g/mol. The number of amides is 1. The number of halogens is 2. The van der Waals surface area contributed by atoms with Gasteiger partial charge < -0.3 is 13.9 Å². The number of ether oxygens (including phenoxy) is 2. The van der Waals surface area contributed by atoms with Crippen molar-refractivity contribution in [1.82, 2.24) is 5.43 Å². The minimum atomic E-state index is -0.821.